The van der Waals surface area contributed by atoms with Crippen molar-refractivity contribution in [1.82, 2.24) is 30.2 Å². The van der Waals surface area contributed by atoms with E-state index in [1.165, 1.54) is 45.4 Å². The van der Waals surface area contributed by atoms with Gasteiger partial charge in [-0.05, 0) is 153 Å². The quantitative estimate of drug-likeness (QED) is 0.0512. The number of aryl methyl sites for hydroxylation is 2. The van der Waals surface area contributed by atoms with Gasteiger partial charge in [-0.15, -0.1) is 27.8 Å². The third kappa shape index (κ3) is 9.76. The minimum Gasteiger partial charge on any atom is -0.506 e. The summed E-state index contributed by atoms with van der Waals surface area (Å²) in [5.74, 6) is -0.563. The summed E-state index contributed by atoms with van der Waals surface area (Å²) >= 11 is 2.79. The molecule has 0 radical (unpaired) electrons. The first kappa shape index (κ1) is 48.0. The lowest BCUT2D eigenvalue weighted by Crippen LogP contribution is -2.43. The van der Waals surface area contributed by atoms with Gasteiger partial charge in [0.05, 0.1) is 26.9 Å². The standard InChI is InChI=1S/C53H64N6O6S2Si/c1-52(2,3)68(5,6)65-44(39-22-24-43(60)49-40(39)23-27-48(61)55-49)33-54-32-35-31-42-50(41-16-10-15-38(35)41)59(57-56-42)29-12-28-58(4)36-18-20-37(21-19-36)64-51(62)53(63,46-17-11-30-66-46)47-26-25-45(67-47)34-13-8-7-9-14-34/h7-9,11,13-14,17,22-27,30-31,36-37,44,54,60,63H,10,12,15-16,18-21,28-29,32-33H2,1-6H3,(H,55,61)/t36-,37-,44?,53-/m1/s1. The lowest BCUT2D eigenvalue weighted by atomic mass is 9.91. The molecule has 0 saturated heterocycles. The van der Waals surface area contributed by atoms with Gasteiger partial charge in [0.25, 0.3) is 0 Å². The van der Waals surface area contributed by atoms with Gasteiger partial charge in [-0.2, -0.15) is 0 Å². The molecule has 3 aromatic carbocycles. The van der Waals surface area contributed by atoms with Crippen LogP contribution in [0, 0.1) is 0 Å². The Labute approximate surface area is 407 Å². The van der Waals surface area contributed by atoms with Crippen LogP contribution < -0.4 is 10.9 Å². The number of nitrogens with one attached hydrogen (secondary N) is 2. The van der Waals surface area contributed by atoms with Crippen molar-refractivity contribution in [1.29, 1.82) is 0 Å². The zero-order chi connectivity index (χ0) is 47.8. The summed E-state index contributed by atoms with van der Waals surface area (Å²) < 4.78 is 15.3. The topological polar surface area (TPSA) is 155 Å². The van der Waals surface area contributed by atoms with Crippen LogP contribution in [0.5, 0.6) is 5.75 Å². The smallest absolute Gasteiger partial charge is 0.349 e. The van der Waals surface area contributed by atoms with E-state index in [0.717, 1.165) is 96.9 Å². The SMILES string of the molecule is CN(CCCn1nnc2cc(CNCC(O[Si](C)(C)C(C)(C)C)c3ccc(O)c4[nH]c(=O)ccc34)c3c(c21)CCC3)[C@H]1CC[C@H](OC(=O)[C@@](O)(c2cccs2)c2ccc(-c3ccccc3)s2)CC1. The molecule has 0 bridgehead atoms. The lowest BCUT2D eigenvalue weighted by molar-refractivity contribution is -0.169. The number of ether oxygens (including phenoxy) is 1. The molecule has 1 fully saturated rings. The number of aliphatic hydroxyl groups is 1. The second-order valence-electron chi connectivity index (χ2n) is 20.2. The number of pyridine rings is 1. The van der Waals surface area contributed by atoms with Gasteiger partial charge in [0.15, 0.2) is 8.32 Å². The van der Waals surface area contributed by atoms with Gasteiger partial charge in [-0.1, -0.05) is 68.4 Å². The molecule has 358 valence electrons. The molecule has 7 aromatic rings. The summed E-state index contributed by atoms with van der Waals surface area (Å²) in [6, 6.07) is 26.9. The molecule has 9 rings (SSSR count). The molecule has 15 heteroatoms. The van der Waals surface area contributed by atoms with Crippen molar-refractivity contribution in [2.75, 3.05) is 20.1 Å². The summed E-state index contributed by atoms with van der Waals surface area (Å²) in [6.45, 7) is 14.1. The molecule has 4 N–H and O–H groups in total. The van der Waals surface area contributed by atoms with Crippen LogP contribution in [0.1, 0.15) is 97.4 Å². The van der Waals surface area contributed by atoms with Crippen molar-refractivity contribution in [2.24, 2.45) is 0 Å². The molecule has 12 nitrogen and oxygen atoms in total. The van der Waals surface area contributed by atoms with Gasteiger partial charge in [-0.3, -0.25) is 4.79 Å². The van der Waals surface area contributed by atoms with Crippen LogP contribution in [-0.2, 0) is 45.5 Å². The maximum atomic E-state index is 14.0. The summed E-state index contributed by atoms with van der Waals surface area (Å²) in [5, 5.41) is 38.6. The Morgan fingerprint density at radius 1 is 0.985 bits per heavy atom. The highest BCUT2D eigenvalue weighted by molar-refractivity contribution is 7.16. The van der Waals surface area contributed by atoms with Crippen LogP contribution in [-0.4, -0.2) is 81.7 Å². The molecule has 1 unspecified atom stereocenters. The minimum atomic E-state index is -2.23. The van der Waals surface area contributed by atoms with E-state index in [1.807, 2.05) is 66.0 Å². The predicted octanol–water partition coefficient (Wildman–Crippen LogP) is 10.2. The number of carbonyl (C=O) groups is 1. The molecule has 4 heterocycles. The van der Waals surface area contributed by atoms with Crippen LogP contribution in [0.3, 0.4) is 0 Å². The van der Waals surface area contributed by atoms with Crippen LogP contribution in [0.25, 0.3) is 32.4 Å². The maximum absolute atomic E-state index is 14.0. The van der Waals surface area contributed by atoms with Crippen LogP contribution in [0.2, 0.25) is 18.1 Å². The van der Waals surface area contributed by atoms with E-state index in [1.54, 1.807) is 12.1 Å². The second-order valence-corrected chi connectivity index (χ2v) is 27.0. The number of phenols is 1. The average molecular weight is 973 g/mol. The van der Waals surface area contributed by atoms with E-state index in [0.29, 0.717) is 34.4 Å². The van der Waals surface area contributed by atoms with E-state index in [4.69, 9.17) is 19.5 Å². The fourth-order valence-electron chi connectivity index (χ4n) is 9.87. The Balaban J connectivity index is 0.811. The molecule has 0 amide bonds. The number of rotatable bonds is 17. The molecule has 0 spiro atoms. The molecule has 0 aliphatic heterocycles. The fourth-order valence-corrected chi connectivity index (χ4v) is 13.1. The molecule has 2 aliphatic carbocycles. The summed E-state index contributed by atoms with van der Waals surface area (Å²) in [4.78, 5) is 33.6. The Morgan fingerprint density at radius 3 is 2.51 bits per heavy atom. The number of thiophene rings is 2. The highest BCUT2D eigenvalue weighted by Crippen LogP contribution is 2.43. The number of H-pyrrole nitrogens is 1. The van der Waals surface area contributed by atoms with E-state index in [2.05, 4.69) is 66.9 Å². The van der Waals surface area contributed by atoms with Gasteiger partial charge in [-0.25, -0.2) is 9.48 Å². The van der Waals surface area contributed by atoms with E-state index >= 15 is 0 Å². The average Bonchev–Trinajstić information content (AvgIpc) is 4.17. The third-order valence-corrected chi connectivity index (χ3v) is 21.4. The number of esters is 1. The zero-order valence-corrected chi connectivity index (χ0v) is 42.6. The zero-order valence-electron chi connectivity index (χ0n) is 40.0. The molecule has 4 aromatic heterocycles. The number of aromatic amines is 1. The highest BCUT2D eigenvalue weighted by atomic mass is 32.1. The number of aromatic hydroxyl groups is 1. The second kappa shape index (κ2) is 19.8. The first-order valence-corrected chi connectivity index (χ1v) is 28.6. The Kier molecular flexibility index (Phi) is 14.0. The Morgan fingerprint density at radius 2 is 1.76 bits per heavy atom. The molecule has 68 heavy (non-hydrogen) atoms. The summed E-state index contributed by atoms with van der Waals surface area (Å²) in [7, 11) is -0.0407. The third-order valence-electron chi connectivity index (χ3n) is 14.7. The summed E-state index contributed by atoms with van der Waals surface area (Å²) in [5.41, 5.74) is 6.34. The van der Waals surface area contributed by atoms with Crippen molar-refractivity contribution in [2.45, 2.75) is 127 Å². The van der Waals surface area contributed by atoms with E-state index in [-0.39, 0.29) is 28.6 Å². The van der Waals surface area contributed by atoms with Crippen LogP contribution in [0.15, 0.2) is 95.1 Å². The Bertz CT molecular complexity index is 2940. The number of phenolic OH excluding ortho intramolecular Hbond substituents is 1. The molecular formula is C53H64N6O6S2Si. The summed E-state index contributed by atoms with van der Waals surface area (Å²) in [6.07, 6.45) is 6.81. The van der Waals surface area contributed by atoms with Crippen molar-refractivity contribution >= 4 is 58.9 Å². The first-order chi connectivity index (χ1) is 32.6. The largest absolute Gasteiger partial charge is 0.506 e. The van der Waals surface area contributed by atoms with Gasteiger partial charge in [0.1, 0.15) is 17.4 Å². The van der Waals surface area contributed by atoms with Crippen molar-refractivity contribution < 1.29 is 24.2 Å². The molecular weight excluding hydrogens is 909 g/mol. The molecule has 2 aliphatic rings. The number of hydrogen-bond donors (Lipinski definition) is 4. The van der Waals surface area contributed by atoms with Gasteiger partial charge in [0.2, 0.25) is 11.2 Å². The molecule has 2 atom stereocenters. The van der Waals surface area contributed by atoms with Crippen molar-refractivity contribution in [3.8, 4) is 16.2 Å². The number of carbonyl (C=O) groups excluding carboxylic acids is 1. The van der Waals surface area contributed by atoms with Crippen molar-refractivity contribution in [3.05, 3.63) is 133 Å². The van der Waals surface area contributed by atoms with Gasteiger partial charge < -0.3 is 34.6 Å². The monoisotopic (exact) mass is 972 g/mol. The fraction of sp³-hybridized carbons (Fsp3) is 0.434. The number of nitrogens with zero attached hydrogens (tertiary/aromatic N) is 4. The lowest BCUT2D eigenvalue weighted by Gasteiger charge is -2.39. The number of benzene rings is 3. The molecule has 1 saturated carbocycles. The predicted molar refractivity (Wildman–Crippen MR) is 275 cm³/mol. The van der Waals surface area contributed by atoms with E-state index < -0.39 is 19.9 Å². The van der Waals surface area contributed by atoms with Crippen molar-refractivity contribution in [3.63, 3.8) is 0 Å². The highest BCUT2D eigenvalue weighted by Gasteiger charge is 2.46. The van der Waals surface area contributed by atoms with Crippen LogP contribution in [0.4, 0.5) is 0 Å². The van der Waals surface area contributed by atoms with E-state index in [9.17, 15) is 19.8 Å². The van der Waals surface area contributed by atoms with Crippen LogP contribution >= 0.6 is 22.7 Å². The first-order valence-electron chi connectivity index (χ1n) is 24.0. The minimum absolute atomic E-state index is 0.0163. The van der Waals surface area contributed by atoms with Gasteiger partial charge >= 0.3 is 5.97 Å². The maximum Gasteiger partial charge on any atom is 0.349 e. The normalized spacial score (nSPS) is 18.0. The number of fused-ring (bicyclic) bond motifs is 4. The number of hydrogen-bond acceptors (Lipinski definition) is 12. The Hall–Kier alpha value is -5.00. The van der Waals surface area contributed by atoms with Gasteiger partial charge in [0, 0.05) is 42.0 Å². The number of aromatic nitrogens is 4.